The van der Waals surface area contributed by atoms with E-state index in [4.69, 9.17) is 9.47 Å². The molecule has 1 aromatic carbocycles. The lowest BCUT2D eigenvalue weighted by Gasteiger charge is -2.04. The van der Waals surface area contributed by atoms with Crippen molar-refractivity contribution in [3.8, 4) is 17.6 Å². The zero-order chi connectivity index (χ0) is 11.8. The van der Waals surface area contributed by atoms with E-state index in [1.165, 1.54) is 0 Å². The van der Waals surface area contributed by atoms with E-state index in [9.17, 15) is 4.79 Å². The van der Waals surface area contributed by atoms with Crippen LogP contribution in [-0.2, 0) is 4.74 Å². The normalized spacial score (nSPS) is 8.88. The number of esters is 1. The van der Waals surface area contributed by atoms with Crippen molar-refractivity contribution in [2.24, 2.45) is 0 Å². The van der Waals surface area contributed by atoms with Crippen LogP contribution >= 0.6 is 0 Å². The summed E-state index contributed by atoms with van der Waals surface area (Å²) in [6, 6.07) is 6.80. The summed E-state index contributed by atoms with van der Waals surface area (Å²) in [7, 11) is 0. The third kappa shape index (κ3) is 3.66. The lowest BCUT2D eigenvalue weighted by Crippen LogP contribution is -2.04. The molecule has 0 spiro atoms. The highest BCUT2D eigenvalue weighted by Gasteiger charge is 2.05. The van der Waals surface area contributed by atoms with E-state index < -0.39 is 0 Å². The Hall–Kier alpha value is -1.95. The van der Waals surface area contributed by atoms with Gasteiger partial charge in [-0.1, -0.05) is 5.92 Å². The zero-order valence-electron chi connectivity index (χ0n) is 9.45. The molecule has 0 fully saturated rings. The van der Waals surface area contributed by atoms with E-state index >= 15 is 0 Å². The van der Waals surface area contributed by atoms with Crippen LogP contribution in [-0.4, -0.2) is 19.2 Å². The summed E-state index contributed by atoms with van der Waals surface area (Å²) in [6.45, 7) is 4.27. The molecule has 0 aromatic heterocycles. The Morgan fingerprint density at radius 1 is 1.31 bits per heavy atom. The first-order valence-electron chi connectivity index (χ1n) is 5.07. The average molecular weight is 218 g/mol. The fourth-order valence-corrected chi connectivity index (χ4v) is 1.09. The maximum atomic E-state index is 11.3. The van der Waals surface area contributed by atoms with Gasteiger partial charge in [0.2, 0.25) is 0 Å². The fraction of sp³-hybridized carbons (Fsp3) is 0.308. The van der Waals surface area contributed by atoms with Crippen molar-refractivity contribution in [1.29, 1.82) is 0 Å². The molecular formula is C13H14O3. The summed E-state index contributed by atoms with van der Waals surface area (Å²) >= 11 is 0. The summed E-state index contributed by atoms with van der Waals surface area (Å²) in [5.74, 6) is 5.90. The van der Waals surface area contributed by atoms with Gasteiger partial charge in [-0.2, -0.15) is 0 Å². The number of ether oxygens (including phenoxy) is 2. The number of hydrogen-bond acceptors (Lipinski definition) is 3. The van der Waals surface area contributed by atoms with E-state index in [1.807, 2.05) is 0 Å². The van der Waals surface area contributed by atoms with Crippen molar-refractivity contribution in [2.75, 3.05) is 13.2 Å². The summed E-state index contributed by atoms with van der Waals surface area (Å²) < 4.78 is 10.2. The van der Waals surface area contributed by atoms with Crippen LogP contribution in [0.2, 0.25) is 0 Å². The van der Waals surface area contributed by atoms with Crippen LogP contribution in [0.4, 0.5) is 0 Å². The topological polar surface area (TPSA) is 35.5 Å². The molecule has 16 heavy (non-hydrogen) atoms. The molecule has 0 N–H and O–H groups in total. The molecule has 0 saturated heterocycles. The van der Waals surface area contributed by atoms with Gasteiger partial charge in [0, 0.05) is 0 Å². The predicted octanol–water partition coefficient (Wildman–Crippen LogP) is 2.27. The third-order valence-corrected chi connectivity index (χ3v) is 1.85. The van der Waals surface area contributed by atoms with Gasteiger partial charge < -0.3 is 9.47 Å². The molecule has 0 heterocycles. The first-order chi connectivity index (χ1) is 7.77. The third-order valence-electron chi connectivity index (χ3n) is 1.85. The molecule has 0 bridgehead atoms. The molecule has 0 unspecified atom stereocenters. The van der Waals surface area contributed by atoms with Gasteiger partial charge in [0.05, 0.1) is 12.2 Å². The van der Waals surface area contributed by atoms with Gasteiger partial charge in [-0.05, 0) is 38.1 Å². The largest absolute Gasteiger partial charge is 0.481 e. The number of benzene rings is 1. The van der Waals surface area contributed by atoms with Gasteiger partial charge in [-0.15, -0.1) is 5.92 Å². The monoisotopic (exact) mass is 218 g/mol. The minimum absolute atomic E-state index is 0.317. The van der Waals surface area contributed by atoms with Gasteiger partial charge in [0.25, 0.3) is 0 Å². The Morgan fingerprint density at radius 2 is 2.00 bits per heavy atom. The van der Waals surface area contributed by atoms with Gasteiger partial charge in [0.15, 0.2) is 0 Å². The van der Waals surface area contributed by atoms with Crippen LogP contribution in [0.5, 0.6) is 5.75 Å². The molecule has 0 atom stereocenters. The van der Waals surface area contributed by atoms with Crippen LogP contribution < -0.4 is 4.74 Å². The number of hydrogen-bond donors (Lipinski definition) is 0. The zero-order valence-corrected chi connectivity index (χ0v) is 9.45. The van der Waals surface area contributed by atoms with Gasteiger partial charge in [-0.3, -0.25) is 0 Å². The molecule has 0 amide bonds. The van der Waals surface area contributed by atoms with Crippen LogP contribution in [0, 0.1) is 11.8 Å². The molecule has 0 radical (unpaired) electrons. The van der Waals surface area contributed by atoms with Crippen molar-refractivity contribution in [3.05, 3.63) is 29.8 Å². The highest BCUT2D eigenvalue weighted by Crippen LogP contribution is 2.12. The number of carbonyl (C=O) groups is 1. The minimum Gasteiger partial charge on any atom is -0.481 e. The first-order valence-corrected chi connectivity index (χ1v) is 5.07. The second kappa shape index (κ2) is 6.52. The molecule has 3 heteroatoms. The summed E-state index contributed by atoms with van der Waals surface area (Å²) in [5.41, 5.74) is 0.524. The van der Waals surface area contributed by atoms with Crippen LogP contribution in [0.1, 0.15) is 24.2 Å². The van der Waals surface area contributed by atoms with E-state index in [1.54, 1.807) is 38.1 Å². The minimum atomic E-state index is -0.317. The van der Waals surface area contributed by atoms with Crippen molar-refractivity contribution in [3.63, 3.8) is 0 Å². The molecule has 0 aliphatic heterocycles. The second-order valence-corrected chi connectivity index (χ2v) is 2.96. The van der Waals surface area contributed by atoms with Crippen LogP contribution in [0.3, 0.4) is 0 Å². The Bertz CT molecular complexity index is 395. The Balaban J connectivity index is 2.59. The Morgan fingerprint density at radius 3 is 2.56 bits per heavy atom. The van der Waals surface area contributed by atoms with Crippen molar-refractivity contribution in [2.45, 2.75) is 13.8 Å². The lowest BCUT2D eigenvalue weighted by molar-refractivity contribution is 0.0526. The van der Waals surface area contributed by atoms with Gasteiger partial charge >= 0.3 is 5.97 Å². The van der Waals surface area contributed by atoms with Crippen molar-refractivity contribution in [1.82, 2.24) is 0 Å². The molecule has 0 saturated carbocycles. The average Bonchev–Trinajstić information content (AvgIpc) is 2.30. The van der Waals surface area contributed by atoms with Crippen LogP contribution in [0.25, 0.3) is 0 Å². The molecule has 3 nitrogen and oxygen atoms in total. The molecule has 0 aliphatic rings. The van der Waals surface area contributed by atoms with E-state index in [-0.39, 0.29) is 5.97 Å². The second-order valence-electron chi connectivity index (χ2n) is 2.96. The van der Waals surface area contributed by atoms with E-state index in [0.29, 0.717) is 24.5 Å². The summed E-state index contributed by atoms with van der Waals surface area (Å²) in [4.78, 5) is 11.3. The Labute approximate surface area is 95.4 Å². The maximum absolute atomic E-state index is 11.3. The maximum Gasteiger partial charge on any atom is 0.338 e. The van der Waals surface area contributed by atoms with Crippen LogP contribution in [0.15, 0.2) is 24.3 Å². The van der Waals surface area contributed by atoms with Crippen molar-refractivity contribution >= 4 is 5.97 Å². The highest BCUT2D eigenvalue weighted by atomic mass is 16.5. The first kappa shape index (κ1) is 12.1. The van der Waals surface area contributed by atoms with E-state index in [2.05, 4.69) is 11.8 Å². The highest BCUT2D eigenvalue weighted by molar-refractivity contribution is 5.89. The number of carbonyl (C=O) groups excluding carboxylic acids is 1. The molecule has 1 aromatic rings. The van der Waals surface area contributed by atoms with Crippen molar-refractivity contribution < 1.29 is 14.3 Å². The lowest BCUT2D eigenvalue weighted by atomic mass is 10.2. The van der Waals surface area contributed by atoms with Gasteiger partial charge in [-0.25, -0.2) is 4.79 Å². The fourth-order valence-electron chi connectivity index (χ4n) is 1.09. The number of rotatable bonds is 4. The molecule has 1 rings (SSSR count). The quantitative estimate of drug-likeness (QED) is 0.574. The summed E-state index contributed by atoms with van der Waals surface area (Å²) in [5, 5.41) is 0. The molecule has 0 aliphatic carbocycles. The smallest absolute Gasteiger partial charge is 0.338 e. The predicted molar refractivity (Wildman–Crippen MR) is 61.3 cm³/mol. The SMILES string of the molecule is CC#CCOc1ccc(C(=O)OCC)cc1. The summed E-state index contributed by atoms with van der Waals surface area (Å²) in [6.07, 6.45) is 0. The molecular weight excluding hydrogens is 204 g/mol. The van der Waals surface area contributed by atoms with E-state index in [0.717, 1.165) is 0 Å². The molecule has 84 valence electrons. The standard InChI is InChI=1S/C13H14O3/c1-3-5-10-16-12-8-6-11(7-9-12)13(14)15-4-2/h6-9H,4,10H2,1-2H3. The Kier molecular flexibility index (Phi) is 4.94. The van der Waals surface area contributed by atoms with Gasteiger partial charge in [0.1, 0.15) is 12.4 Å².